The molecule has 0 aliphatic carbocycles. The zero-order valence-electron chi connectivity index (χ0n) is 15.6. The molecular formula is C21H23N5O. The van der Waals surface area contributed by atoms with Crippen LogP contribution in [-0.4, -0.2) is 52.7 Å². The van der Waals surface area contributed by atoms with Crippen LogP contribution in [0, 0.1) is 12.3 Å². The molecule has 1 fully saturated rings. The van der Waals surface area contributed by atoms with Crippen LogP contribution in [0.5, 0.6) is 0 Å². The molecule has 1 N–H and O–H groups in total. The minimum atomic E-state index is -0.0475. The Labute approximate surface area is 159 Å². The summed E-state index contributed by atoms with van der Waals surface area (Å²) in [6, 6.07) is 15.0. The van der Waals surface area contributed by atoms with E-state index in [0.29, 0.717) is 19.1 Å². The number of anilines is 2. The highest BCUT2D eigenvalue weighted by molar-refractivity contribution is 5.90. The van der Waals surface area contributed by atoms with Crippen molar-refractivity contribution in [1.82, 2.24) is 14.5 Å². The lowest BCUT2D eigenvalue weighted by Gasteiger charge is -2.36. The van der Waals surface area contributed by atoms with Crippen molar-refractivity contribution in [2.75, 3.05) is 36.4 Å². The predicted octanol–water partition coefficient (Wildman–Crippen LogP) is 3.25. The number of amides is 1. The molecule has 1 aliphatic rings. The van der Waals surface area contributed by atoms with Crippen molar-refractivity contribution in [1.29, 1.82) is 0 Å². The maximum Gasteiger partial charge on any atom is 0.336 e. The van der Waals surface area contributed by atoms with E-state index < -0.39 is 0 Å². The molecule has 3 aromatic rings. The highest BCUT2D eigenvalue weighted by Crippen LogP contribution is 2.24. The second kappa shape index (κ2) is 7.20. The molecule has 27 heavy (non-hydrogen) atoms. The maximum atomic E-state index is 12.9. The van der Waals surface area contributed by atoms with Crippen molar-refractivity contribution in [3.05, 3.63) is 54.9 Å². The Balaban J connectivity index is 1.47. The average Bonchev–Trinajstić information content (AvgIpc) is 3.12. The van der Waals surface area contributed by atoms with Gasteiger partial charge in [0.05, 0.1) is 16.6 Å². The third-order valence-electron chi connectivity index (χ3n) is 4.72. The van der Waals surface area contributed by atoms with Gasteiger partial charge in [0.25, 0.3) is 0 Å². The summed E-state index contributed by atoms with van der Waals surface area (Å²) in [5, 5.41) is 4.35. The van der Waals surface area contributed by atoms with E-state index in [1.807, 2.05) is 41.4 Å². The van der Waals surface area contributed by atoms with Gasteiger partial charge < -0.3 is 15.1 Å². The maximum absolute atomic E-state index is 12.9. The summed E-state index contributed by atoms with van der Waals surface area (Å²) in [4.78, 5) is 21.6. The van der Waals surface area contributed by atoms with Gasteiger partial charge in [0.2, 0.25) is 0 Å². The quantitative estimate of drug-likeness (QED) is 0.778. The molecule has 0 radical (unpaired) electrons. The largest absolute Gasteiger partial charge is 0.380 e. The lowest BCUT2D eigenvalue weighted by Crippen LogP contribution is -2.50. The molecule has 6 nitrogen and oxygen atoms in total. The molecular weight excluding hydrogens is 338 g/mol. The van der Waals surface area contributed by atoms with Crippen LogP contribution in [0.2, 0.25) is 0 Å². The second-order valence-electron chi connectivity index (χ2n) is 7.02. The number of nitrogens with zero attached hydrogens (tertiary/aromatic N) is 4. The first-order valence-electron chi connectivity index (χ1n) is 9.29. The number of pyridine rings is 1. The fourth-order valence-electron chi connectivity index (χ4n) is 3.43. The minimum absolute atomic E-state index is 0.0475. The van der Waals surface area contributed by atoms with Gasteiger partial charge in [-0.1, -0.05) is 12.1 Å². The van der Waals surface area contributed by atoms with Crippen molar-refractivity contribution >= 4 is 28.4 Å². The van der Waals surface area contributed by atoms with Crippen LogP contribution in [-0.2, 0) is 0 Å². The van der Waals surface area contributed by atoms with E-state index in [9.17, 15) is 4.79 Å². The third kappa shape index (κ3) is 3.41. The molecule has 1 aromatic carbocycles. The lowest BCUT2D eigenvalue weighted by atomic mass is 10.2. The van der Waals surface area contributed by atoms with Gasteiger partial charge in [-0.05, 0) is 44.2 Å². The zero-order chi connectivity index (χ0) is 18.8. The molecule has 4 rings (SSSR count). The molecule has 0 unspecified atom stereocenters. The molecule has 2 aromatic heterocycles. The molecule has 6 heteroatoms. The predicted molar refractivity (Wildman–Crippen MR) is 107 cm³/mol. The van der Waals surface area contributed by atoms with E-state index in [4.69, 9.17) is 0 Å². The van der Waals surface area contributed by atoms with Gasteiger partial charge >= 0.3 is 6.03 Å². The van der Waals surface area contributed by atoms with Crippen molar-refractivity contribution in [3.8, 4) is 0 Å². The number of rotatable bonds is 3. The molecule has 0 atom stereocenters. The van der Waals surface area contributed by atoms with Crippen molar-refractivity contribution in [2.24, 2.45) is 0 Å². The van der Waals surface area contributed by atoms with Crippen LogP contribution in [0.15, 0.2) is 42.6 Å². The Kier molecular flexibility index (Phi) is 4.59. The summed E-state index contributed by atoms with van der Waals surface area (Å²) in [5.41, 5.74) is 1.88. The number of benzene rings is 1. The van der Waals surface area contributed by atoms with Crippen LogP contribution in [0.3, 0.4) is 0 Å². The Bertz CT molecular complexity index is 940. The number of para-hydroxylation sites is 1. The number of nitrogens with one attached hydrogen (secondary N) is 1. The molecule has 0 bridgehead atoms. The molecule has 138 valence electrons. The highest BCUT2D eigenvalue weighted by atomic mass is 16.2. The first-order chi connectivity index (χ1) is 13.1. The number of aromatic nitrogens is 2. The van der Waals surface area contributed by atoms with Crippen LogP contribution in [0.1, 0.15) is 13.8 Å². The SMILES string of the molecule is CC(C)Nc1cccnc1N1CCN(C(=O)n2c#cc3ccccc32)CC1. The number of hydrogen-bond donors (Lipinski definition) is 1. The molecule has 0 spiro atoms. The zero-order valence-corrected chi connectivity index (χ0v) is 15.6. The molecule has 1 aliphatic heterocycles. The van der Waals surface area contributed by atoms with E-state index in [1.165, 1.54) is 0 Å². The molecule has 3 heterocycles. The van der Waals surface area contributed by atoms with Gasteiger partial charge in [0, 0.05) is 44.6 Å². The first kappa shape index (κ1) is 17.2. The average molecular weight is 361 g/mol. The Morgan fingerprint density at radius 3 is 2.67 bits per heavy atom. The van der Waals surface area contributed by atoms with E-state index in [-0.39, 0.29) is 6.03 Å². The van der Waals surface area contributed by atoms with Crippen LogP contribution in [0.25, 0.3) is 10.9 Å². The summed E-state index contributed by atoms with van der Waals surface area (Å²) in [7, 11) is 0. The number of hydrogen-bond acceptors (Lipinski definition) is 4. The van der Waals surface area contributed by atoms with Crippen molar-refractivity contribution in [3.63, 3.8) is 0 Å². The number of carbonyl (C=O) groups excluding carboxylic acids is 1. The van der Waals surface area contributed by atoms with Gasteiger partial charge in [0.15, 0.2) is 5.82 Å². The Hall–Kier alpha value is -3.20. The number of piperazine rings is 1. The fraction of sp³-hybridized carbons (Fsp3) is 0.333. The van der Waals surface area contributed by atoms with Crippen LogP contribution in [0.4, 0.5) is 16.3 Å². The van der Waals surface area contributed by atoms with E-state index >= 15 is 0 Å². The summed E-state index contributed by atoms with van der Waals surface area (Å²) in [5.74, 6) is 0.949. The molecule has 1 amide bonds. The first-order valence-corrected chi connectivity index (χ1v) is 9.29. The highest BCUT2D eigenvalue weighted by Gasteiger charge is 2.25. The normalized spacial score (nSPS) is 14.5. The standard InChI is InChI=1S/C21H23N5O/c1-16(2)23-18-7-5-10-22-20(18)24-12-14-25(15-13-24)21(27)26-11-9-17-6-3-4-8-19(17)26/h3-8,10,16,23H,12-15H2,1-2H3. The van der Waals surface area contributed by atoms with Crippen molar-refractivity contribution in [2.45, 2.75) is 19.9 Å². The minimum Gasteiger partial charge on any atom is -0.380 e. The summed E-state index contributed by atoms with van der Waals surface area (Å²) in [6.07, 6.45) is 4.76. The van der Waals surface area contributed by atoms with E-state index in [2.05, 4.69) is 47.4 Å². The Morgan fingerprint density at radius 2 is 1.89 bits per heavy atom. The van der Waals surface area contributed by atoms with Crippen LogP contribution < -0.4 is 10.2 Å². The Morgan fingerprint density at radius 1 is 1.11 bits per heavy atom. The van der Waals surface area contributed by atoms with E-state index in [0.717, 1.165) is 35.5 Å². The third-order valence-corrected chi connectivity index (χ3v) is 4.72. The van der Waals surface area contributed by atoms with Gasteiger partial charge in [-0.25, -0.2) is 14.3 Å². The smallest absolute Gasteiger partial charge is 0.336 e. The molecule has 1 saturated heterocycles. The second-order valence-corrected chi connectivity index (χ2v) is 7.02. The van der Waals surface area contributed by atoms with Gasteiger partial charge in [-0.3, -0.25) is 0 Å². The summed E-state index contributed by atoms with van der Waals surface area (Å²) >= 11 is 0. The van der Waals surface area contributed by atoms with Gasteiger partial charge in [-0.2, -0.15) is 0 Å². The van der Waals surface area contributed by atoms with Gasteiger partial charge in [-0.15, -0.1) is 0 Å². The van der Waals surface area contributed by atoms with E-state index in [1.54, 1.807) is 4.57 Å². The number of carbonyl (C=O) groups is 1. The fourth-order valence-corrected chi connectivity index (χ4v) is 3.43. The lowest BCUT2D eigenvalue weighted by molar-refractivity contribution is 0.197. The van der Waals surface area contributed by atoms with Gasteiger partial charge in [0.1, 0.15) is 0 Å². The van der Waals surface area contributed by atoms with Crippen LogP contribution >= 0.6 is 0 Å². The summed E-state index contributed by atoms with van der Waals surface area (Å²) < 4.78 is 1.57. The van der Waals surface area contributed by atoms with Crippen molar-refractivity contribution < 1.29 is 4.79 Å². The topological polar surface area (TPSA) is 53.4 Å². The monoisotopic (exact) mass is 361 g/mol. The molecule has 0 saturated carbocycles. The number of fused-ring (bicyclic) bond motifs is 1. The summed E-state index contributed by atoms with van der Waals surface area (Å²) in [6.45, 7) is 7.02.